The third-order valence-corrected chi connectivity index (χ3v) is 4.92. The first-order valence-electron chi connectivity index (χ1n) is 10.7. The minimum atomic E-state index is -0.647. The molecule has 3 unspecified atom stereocenters. The number of morpholine rings is 1. The second-order valence-corrected chi connectivity index (χ2v) is 7.87. The SMILES string of the molecule is CCNC(=NCC(C)N1CCOCC1C)NCC(O)c1cccc(OC(C)C)c1.I. The number of ether oxygens (including phenoxy) is 2. The van der Waals surface area contributed by atoms with E-state index in [4.69, 9.17) is 14.5 Å². The summed E-state index contributed by atoms with van der Waals surface area (Å²) in [7, 11) is 0. The zero-order valence-corrected chi connectivity index (χ0v) is 21.3. The fourth-order valence-corrected chi connectivity index (χ4v) is 3.44. The predicted molar refractivity (Wildman–Crippen MR) is 133 cm³/mol. The molecule has 1 aromatic rings. The molecular weight excluding hydrogens is 495 g/mol. The highest BCUT2D eigenvalue weighted by Gasteiger charge is 2.23. The van der Waals surface area contributed by atoms with E-state index in [2.05, 4.69) is 29.4 Å². The Morgan fingerprint density at radius 1 is 1.33 bits per heavy atom. The van der Waals surface area contributed by atoms with Crippen LogP contribution in [0.2, 0.25) is 0 Å². The van der Waals surface area contributed by atoms with Crippen molar-refractivity contribution in [3.63, 3.8) is 0 Å². The number of hydrogen-bond donors (Lipinski definition) is 3. The second-order valence-electron chi connectivity index (χ2n) is 7.87. The number of hydrogen-bond acceptors (Lipinski definition) is 5. The van der Waals surface area contributed by atoms with E-state index in [0.717, 1.165) is 37.6 Å². The molecule has 30 heavy (non-hydrogen) atoms. The summed E-state index contributed by atoms with van der Waals surface area (Å²) in [5.74, 6) is 1.49. The summed E-state index contributed by atoms with van der Waals surface area (Å²) in [4.78, 5) is 7.16. The van der Waals surface area contributed by atoms with Gasteiger partial charge in [0.1, 0.15) is 5.75 Å². The number of guanidine groups is 1. The third-order valence-electron chi connectivity index (χ3n) is 4.92. The maximum atomic E-state index is 10.6. The molecule has 0 amide bonds. The molecule has 1 aromatic carbocycles. The Morgan fingerprint density at radius 2 is 2.10 bits per heavy atom. The Morgan fingerprint density at radius 3 is 2.77 bits per heavy atom. The molecule has 172 valence electrons. The lowest BCUT2D eigenvalue weighted by Gasteiger charge is -2.37. The number of nitrogens with zero attached hydrogens (tertiary/aromatic N) is 2. The summed E-state index contributed by atoms with van der Waals surface area (Å²) >= 11 is 0. The van der Waals surface area contributed by atoms with Crippen molar-refractivity contribution >= 4 is 29.9 Å². The predicted octanol–water partition coefficient (Wildman–Crippen LogP) is 2.79. The monoisotopic (exact) mass is 534 g/mol. The maximum absolute atomic E-state index is 10.6. The van der Waals surface area contributed by atoms with Gasteiger partial charge in [0.25, 0.3) is 0 Å². The first-order chi connectivity index (χ1) is 13.9. The largest absolute Gasteiger partial charge is 0.491 e. The molecule has 7 nitrogen and oxygen atoms in total. The lowest BCUT2D eigenvalue weighted by molar-refractivity contribution is -0.0165. The van der Waals surface area contributed by atoms with E-state index in [1.54, 1.807) is 0 Å². The zero-order chi connectivity index (χ0) is 21.2. The van der Waals surface area contributed by atoms with Crippen LogP contribution >= 0.6 is 24.0 Å². The Labute approximate surface area is 198 Å². The van der Waals surface area contributed by atoms with E-state index in [0.29, 0.717) is 31.1 Å². The second kappa shape index (κ2) is 14.1. The summed E-state index contributed by atoms with van der Waals surface area (Å²) in [6.07, 6.45) is -0.546. The van der Waals surface area contributed by atoms with Crippen molar-refractivity contribution in [1.29, 1.82) is 0 Å². The van der Waals surface area contributed by atoms with Gasteiger partial charge in [-0.15, -0.1) is 24.0 Å². The number of benzene rings is 1. The van der Waals surface area contributed by atoms with Gasteiger partial charge in [-0.2, -0.15) is 0 Å². The average Bonchev–Trinajstić information content (AvgIpc) is 2.69. The molecular formula is C22H39IN4O3. The van der Waals surface area contributed by atoms with Crippen LogP contribution in [0.3, 0.4) is 0 Å². The fourth-order valence-electron chi connectivity index (χ4n) is 3.44. The van der Waals surface area contributed by atoms with Crippen LogP contribution in [-0.4, -0.2) is 73.5 Å². The van der Waals surface area contributed by atoms with Gasteiger partial charge in [0.2, 0.25) is 0 Å². The summed E-state index contributed by atoms with van der Waals surface area (Å²) in [6.45, 7) is 14.7. The van der Waals surface area contributed by atoms with Crippen molar-refractivity contribution in [2.24, 2.45) is 4.99 Å². The molecule has 0 bridgehead atoms. The van der Waals surface area contributed by atoms with E-state index in [9.17, 15) is 5.11 Å². The molecule has 1 fully saturated rings. The van der Waals surface area contributed by atoms with Crippen molar-refractivity contribution in [1.82, 2.24) is 15.5 Å². The molecule has 0 saturated carbocycles. The van der Waals surface area contributed by atoms with E-state index in [1.165, 1.54) is 0 Å². The van der Waals surface area contributed by atoms with Gasteiger partial charge in [0.05, 0.1) is 32.0 Å². The van der Waals surface area contributed by atoms with Crippen molar-refractivity contribution in [3.05, 3.63) is 29.8 Å². The van der Waals surface area contributed by atoms with Crippen LogP contribution in [0, 0.1) is 0 Å². The first kappa shape index (κ1) is 26.9. The molecule has 0 aromatic heterocycles. The van der Waals surface area contributed by atoms with Crippen LogP contribution in [0.1, 0.15) is 46.3 Å². The summed E-state index contributed by atoms with van der Waals surface area (Å²) in [6, 6.07) is 8.35. The van der Waals surface area contributed by atoms with Crippen molar-refractivity contribution in [3.8, 4) is 5.75 Å². The molecule has 1 heterocycles. The van der Waals surface area contributed by atoms with Crippen LogP contribution in [0.5, 0.6) is 5.75 Å². The standard InChI is InChI=1S/C22H38N4O3.HI/c1-6-23-22(24-13-17(4)26-10-11-28-15-18(26)5)25-14-21(27)19-8-7-9-20(12-19)29-16(2)3;/h7-9,12,16-18,21,27H,6,10-11,13-15H2,1-5H3,(H2,23,24,25);1H. The number of rotatable bonds is 9. The molecule has 0 aliphatic carbocycles. The van der Waals surface area contributed by atoms with Gasteiger partial charge < -0.3 is 25.2 Å². The molecule has 1 saturated heterocycles. The van der Waals surface area contributed by atoms with Gasteiger partial charge in [0, 0.05) is 31.7 Å². The lowest BCUT2D eigenvalue weighted by atomic mass is 10.1. The maximum Gasteiger partial charge on any atom is 0.191 e. The molecule has 8 heteroatoms. The van der Waals surface area contributed by atoms with Gasteiger partial charge in [0.15, 0.2) is 5.96 Å². The lowest BCUT2D eigenvalue weighted by Crippen LogP contribution is -2.49. The summed E-state index contributed by atoms with van der Waals surface area (Å²) in [5, 5.41) is 17.1. The number of aliphatic hydroxyl groups excluding tert-OH is 1. The van der Waals surface area contributed by atoms with Crippen molar-refractivity contribution < 1.29 is 14.6 Å². The first-order valence-corrected chi connectivity index (χ1v) is 10.7. The fraction of sp³-hybridized carbons (Fsp3) is 0.682. The molecule has 0 radical (unpaired) electrons. The summed E-state index contributed by atoms with van der Waals surface area (Å²) in [5.41, 5.74) is 0.821. The highest BCUT2D eigenvalue weighted by atomic mass is 127. The van der Waals surface area contributed by atoms with Crippen molar-refractivity contribution in [2.45, 2.75) is 58.9 Å². The Bertz CT molecular complexity index is 645. The van der Waals surface area contributed by atoms with E-state index >= 15 is 0 Å². The number of aliphatic hydroxyl groups is 1. The number of nitrogens with one attached hydrogen (secondary N) is 2. The third kappa shape index (κ3) is 8.95. The minimum absolute atomic E-state index is 0. The zero-order valence-electron chi connectivity index (χ0n) is 18.9. The van der Waals surface area contributed by atoms with Crippen LogP contribution in [0.15, 0.2) is 29.3 Å². The van der Waals surface area contributed by atoms with E-state index in [-0.39, 0.29) is 30.1 Å². The van der Waals surface area contributed by atoms with Crippen LogP contribution in [0.4, 0.5) is 0 Å². The van der Waals surface area contributed by atoms with Crippen LogP contribution in [-0.2, 0) is 4.74 Å². The number of halogens is 1. The van der Waals surface area contributed by atoms with Gasteiger partial charge in [-0.3, -0.25) is 9.89 Å². The Balaban J connectivity index is 0.00000450. The summed E-state index contributed by atoms with van der Waals surface area (Å²) < 4.78 is 11.2. The van der Waals surface area contributed by atoms with E-state index < -0.39 is 6.10 Å². The normalized spacial score (nSPS) is 19.7. The Kier molecular flexibility index (Phi) is 12.6. The molecule has 3 N–H and O–H groups in total. The number of aliphatic imine (C=N–C) groups is 1. The molecule has 2 rings (SSSR count). The highest BCUT2D eigenvalue weighted by Crippen LogP contribution is 2.20. The molecule has 1 aliphatic rings. The van der Waals surface area contributed by atoms with E-state index in [1.807, 2.05) is 45.0 Å². The van der Waals surface area contributed by atoms with Gasteiger partial charge >= 0.3 is 0 Å². The highest BCUT2D eigenvalue weighted by molar-refractivity contribution is 14.0. The minimum Gasteiger partial charge on any atom is -0.491 e. The van der Waals surface area contributed by atoms with Gasteiger partial charge in [-0.05, 0) is 52.3 Å². The van der Waals surface area contributed by atoms with Crippen LogP contribution in [0.25, 0.3) is 0 Å². The Hall–Kier alpha value is -1.10. The van der Waals surface area contributed by atoms with Crippen molar-refractivity contribution in [2.75, 3.05) is 39.4 Å². The average molecular weight is 534 g/mol. The smallest absolute Gasteiger partial charge is 0.191 e. The molecule has 3 atom stereocenters. The van der Waals surface area contributed by atoms with Crippen LogP contribution < -0.4 is 15.4 Å². The van der Waals surface area contributed by atoms with Gasteiger partial charge in [-0.1, -0.05) is 12.1 Å². The quantitative estimate of drug-likeness (QED) is 0.257. The topological polar surface area (TPSA) is 78.4 Å². The molecule has 1 aliphatic heterocycles. The van der Waals surface area contributed by atoms with Gasteiger partial charge in [-0.25, -0.2) is 0 Å². The molecule has 0 spiro atoms.